The Morgan fingerprint density at radius 3 is 1.52 bits per heavy atom. The zero-order chi connectivity index (χ0) is 42.6. The highest BCUT2D eigenvalue weighted by molar-refractivity contribution is 6.24. The van der Waals surface area contributed by atoms with Gasteiger partial charge in [0.15, 0.2) is 11.5 Å². The lowest BCUT2D eigenvalue weighted by molar-refractivity contribution is -0.144. The minimum absolute atomic E-state index is 0.00310. The van der Waals surface area contributed by atoms with Crippen LogP contribution in [0.25, 0.3) is 0 Å². The van der Waals surface area contributed by atoms with Crippen LogP contribution < -0.4 is 14.5 Å². The predicted molar refractivity (Wildman–Crippen MR) is 175 cm³/mol. The highest BCUT2D eigenvalue weighted by atomic mass is 19.4. The van der Waals surface area contributed by atoms with E-state index >= 15 is 0 Å². The fraction of sp³-hybridized carbons (Fsp3) is 0.368. The van der Waals surface area contributed by atoms with Gasteiger partial charge in [-0.3, -0.25) is 19.2 Å². The number of rotatable bonds is 5. The summed E-state index contributed by atoms with van der Waals surface area (Å²) in [5.41, 5.74) is -9.49. The Morgan fingerprint density at radius 2 is 1.07 bits per heavy atom. The number of fused-ring (bicyclic) bond motifs is 4. The van der Waals surface area contributed by atoms with E-state index < -0.39 is 130 Å². The molecule has 2 heterocycles. The quantitative estimate of drug-likeness (QED) is 0.157. The molecule has 20 heteroatoms. The maximum atomic E-state index is 14.3. The molecule has 2 saturated heterocycles. The second-order valence-electron chi connectivity index (χ2n) is 14.2. The molecule has 58 heavy (non-hydrogen) atoms. The number of hydrogen-bond acceptors (Lipinski definition) is 6. The van der Waals surface area contributed by atoms with Crippen LogP contribution in [0.3, 0.4) is 0 Å². The summed E-state index contributed by atoms with van der Waals surface area (Å²) in [5.74, 6) is -14.8. The molecule has 3 aromatic rings. The van der Waals surface area contributed by atoms with Crippen molar-refractivity contribution in [2.24, 2.45) is 29.6 Å². The first-order valence-corrected chi connectivity index (χ1v) is 17.3. The van der Waals surface area contributed by atoms with Crippen LogP contribution in [0.15, 0.2) is 66.2 Å². The van der Waals surface area contributed by atoms with Gasteiger partial charge in [-0.05, 0) is 68.1 Å². The second-order valence-corrected chi connectivity index (χ2v) is 14.2. The van der Waals surface area contributed by atoms with E-state index in [2.05, 4.69) is 0 Å². The molecule has 2 aliphatic carbocycles. The summed E-state index contributed by atoms with van der Waals surface area (Å²) in [6.07, 6.45) is -21.0. The Hall–Kier alpha value is -5.56. The summed E-state index contributed by atoms with van der Waals surface area (Å²) in [4.78, 5) is 57.0. The van der Waals surface area contributed by atoms with E-state index in [1.165, 1.54) is 24.3 Å². The van der Waals surface area contributed by atoms with Crippen LogP contribution in [-0.2, 0) is 43.9 Å². The Kier molecular flexibility index (Phi) is 9.46. The van der Waals surface area contributed by atoms with Crippen molar-refractivity contribution < 1.29 is 81.7 Å². The molecule has 6 atom stereocenters. The van der Waals surface area contributed by atoms with E-state index in [1.54, 1.807) is 6.92 Å². The van der Waals surface area contributed by atoms with Gasteiger partial charge in [0, 0.05) is 11.5 Å². The van der Waals surface area contributed by atoms with Crippen LogP contribution in [0.5, 0.6) is 11.5 Å². The van der Waals surface area contributed by atoms with Crippen LogP contribution in [0, 0.1) is 29.6 Å². The van der Waals surface area contributed by atoms with Crippen molar-refractivity contribution >= 4 is 35.0 Å². The van der Waals surface area contributed by atoms with Gasteiger partial charge in [-0.1, -0.05) is 23.8 Å². The third-order valence-electron chi connectivity index (χ3n) is 11.0. The number of hydrogen-bond donors (Lipinski definition) is 1. The van der Waals surface area contributed by atoms with E-state index in [4.69, 9.17) is 4.74 Å². The number of phenolic OH excluding ortho intramolecular Hbond substituents is 1. The predicted octanol–water partition coefficient (Wildman–Crippen LogP) is 8.91. The number of amides is 4. The summed E-state index contributed by atoms with van der Waals surface area (Å²) in [5, 5.41) is 11.4. The average Bonchev–Trinajstić information content (AvgIpc) is 3.53. The fourth-order valence-corrected chi connectivity index (χ4v) is 8.64. The highest BCUT2D eigenvalue weighted by Gasteiger charge is 2.63. The molecule has 3 aromatic carbocycles. The van der Waals surface area contributed by atoms with Crippen molar-refractivity contribution in [3.05, 3.63) is 94.1 Å². The smallest absolute Gasteiger partial charge is 0.416 e. The van der Waals surface area contributed by atoms with Crippen LogP contribution in [0.1, 0.15) is 53.5 Å². The molecular weight excluding hydrogens is 808 g/mol. The van der Waals surface area contributed by atoms with Crippen molar-refractivity contribution in [1.82, 2.24) is 0 Å². The van der Waals surface area contributed by atoms with Crippen LogP contribution in [-0.4, -0.2) is 35.3 Å². The summed E-state index contributed by atoms with van der Waals surface area (Å²) in [7, 11) is 0. The van der Waals surface area contributed by atoms with Gasteiger partial charge in [-0.15, -0.1) is 0 Å². The lowest BCUT2D eigenvalue weighted by atomic mass is 9.57. The third-order valence-corrected chi connectivity index (χ3v) is 11.0. The van der Waals surface area contributed by atoms with Crippen molar-refractivity contribution in [1.29, 1.82) is 0 Å². The number of imide groups is 2. The first-order valence-electron chi connectivity index (χ1n) is 17.3. The van der Waals surface area contributed by atoms with Gasteiger partial charge < -0.3 is 9.84 Å². The normalized spacial score (nSPS) is 25.2. The molecule has 308 valence electrons. The zero-order valence-electron chi connectivity index (χ0n) is 29.3. The molecule has 0 radical (unpaired) electrons. The van der Waals surface area contributed by atoms with E-state index in [9.17, 15) is 77.0 Å². The van der Waals surface area contributed by atoms with Crippen molar-refractivity contribution in [3.63, 3.8) is 0 Å². The number of aromatic hydroxyl groups is 1. The number of benzene rings is 3. The van der Waals surface area contributed by atoms with Crippen LogP contribution in [0.2, 0.25) is 0 Å². The first-order chi connectivity index (χ1) is 26.8. The molecule has 0 spiro atoms. The van der Waals surface area contributed by atoms with Crippen LogP contribution in [0.4, 0.5) is 64.1 Å². The Labute approximate surface area is 318 Å². The number of phenols is 1. The molecule has 0 bridgehead atoms. The van der Waals surface area contributed by atoms with Gasteiger partial charge >= 0.3 is 24.7 Å². The van der Waals surface area contributed by atoms with Crippen molar-refractivity contribution in [2.75, 3.05) is 16.4 Å². The Balaban J connectivity index is 1.37. The van der Waals surface area contributed by atoms with E-state index in [1.807, 2.05) is 0 Å². The van der Waals surface area contributed by atoms with Gasteiger partial charge in [0.25, 0.3) is 0 Å². The standard InChI is InChI=1S/C38H26F12N2O6/c1-2-58-26-5-3-4-22(30(26)53)27-21-6-7-23-28(33(56)51(31(23)54)19-10-15(35(39,40)41)8-16(11-19)36(42,43)44)24(21)14-25-29(27)34(57)52(32(25)55)20-12-17(37(45,46)47)9-18(13-20)38(48,49)50/h3-6,8-13,23-25,27-29,53H,2,7,14H2,1H3. The topological polar surface area (TPSA) is 104 Å². The Bertz CT molecular complexity index is 2210. The molecule has 8 nitrogen and oxygen atoms in total. The van der Waals surface area contributed by atoms with E-state index in [0.29, 0.717) is 0 Å². The molecule has 4 aliphatic rings. The van der Waals surface area contributed by atoms with Gasteiger partial charge in [0.05, 0.1) is 63.9 Å². The number of allylic oxidation sites excluding steroid dienone is 2. The highest BCUT2D eigenvalue weighted by Crippen LogP contribution is 2.60. The largest absolute Gasteiger partial charge is 0.504 e. The second kappa shape index (κ2) is 13.5. The summed E-state index contributed by atoms with van der Waals surface area (Å²) < 4.78 is 171. The number of alkyl halides is 12. The first kappa shape index (κ1) is 40.6. The SMILES string of the molecule is CCOc1cccc(C2C3=CCC4C(=O)N(c5cc(C(F)(F)F)cc(C(F)(F)F)c5)C(=O)C4C3CC3C(=O)N(c4cc(C(F)(F)F)cc(C(F)(F)F)c4)C(=O)C32)c1O. The number of ether oxygens (including phenoxy) is 1. The van der Waals surface area contributed by atoms with Crippen molar-refractivity contribution in [3.8, 4) is 11.5 Å². The minimum Gasteiger partial charge on any atom is -0.504 e. The fourth-order valence-electron chi connectivity index (χ4n) is 8.64. The summed E-state index contributed by atoms with van der Waals surface area (Å²) >= 11 is 0. The number of nitrogens with zero attached hydrogens (tertiary/aromatic N) is 2. The maximum Gasteiger partial charge on any atom is 0.416 e. The third kappa shape index (κ3) is 6.62. The average molecular weight is 835 g/mol. The van der Waals surface area contributed by atoms with Crippen LogP contribution >= 0.6 is 0 Å². The number of para-hydroxylation sites is 1. The van der Waals surface area contributed by atoms with Gasteiger partial charge in [0.1, 0.15) is 0 Å². The van der Waals surface area contributed by atoms with E-state index in [-0.39, 0.29) is 76.1 Å². The molecular formula is C38H26F12N2O6. The lowest BCUT2D eigenvalue weighted by Crippen LogP contribution is -2.43. The molecule has 0 aromatic heterocycles. The minimum atomic E-state index is -5.38. The molecule has 1 saturated carbocycles. The Morgan fingerprint density at radius 1 is 0.621 bits per heavy atom. The zero-order valence-corrected chi connectivity index (χ0v) is 29.3. The van der Waals surface area contributed by atoms with E-state index in [0.717, 1.165) is 0 Å². The molecule has 4 amide bonds. The summed E-state index contributed by atoms with van der Waals surface area (Å²) in [6.45, 7) is 1.56. The van der Waals surface area contributed by atoms with Gasteiger partial charge in [-0.25, -0.2) is 9.80 Å². The number of carbonyl (C=O) groups excluding carboxylic acids is 4. The van der Waals surface area contributed by atoms with Crippen molar-refractivity contribution in [2.45, 2.75) is 50.4 Å². The summed E-state index contributed by atoms with van der Waals surface area (Å²) in [6, 6.07) is 4.29. The molecule has 7 rings (SSSR count). The number of carbonyl (C=O) groups is 4. The van der Waals surface area contributed by atoms with Gasteiger partial charge in [0.2, 0.25) is 23.6 Å². The maximum absolute atomic E-state index is 14.3. The number of anilines is 2. The molecule has 2 aliphatic heterocycles. The molecule has 6 unspecified atom stereocenters. The number of halogens is 12. The monoisotopic (exact) mass is 834 g/mol. The molecule has 3 fully saturated rings. The lowest BCUT2D eigenvalue weighted by Gasteiger charge is -2.44. The molecule has 1 N–H and O–H groups in total. The van der Waals surface area contributed by atoms with Gasteiger partial charge in [-0.2, -0.15) is 52.7 Å².